The summed E-state index contributed by atoms with van der Waals surface area (Å²) in [6.07, 6.45) is 0. The average Bonchev–Trinajstić information content (AvgIpc) is 2.34. The van der Waals surface area contributed by atoms with Gasteiger partial charge in [0.15, 0.2) is 0 Å². The molecule has 0 aromatic heterocycles. The first kappa shape index (κ1) is 14.6. The molecule has 1 aromatic carbocycles. The fraction of sp³-hybridized carbons (Fsp3) is 0.571. The van der Waals surface area contributed by atoms with Crippen LogP contribution in [0.2, 0.25) is 0 Å². The molecule has 0 saturated heterocycles. The van der Waals surface area contributed by atoms with E-state index in [0.29, 0.717) is 11.2 Å². The second-order valence-corrected chi connectivity index (χ2v) is 5.79. The fourth-order valence-electron chi connectivity index (χ4n) is 1.84. The summed E-state index contributed by atoms with van der Waals surface area (Å²) in [6, 6.07) is 10.4. The first-order chi connectivity index (χ1) is 8.16. The summed E-state index contributed by atoms with van der Waals surface area (Å²) in [5, 5.41) is 0.438. The molecule has 1 aromatic rings. The Bertz CT molecular complexity index is 302. The lowest BCUT2D eigenvalue weighted by atomic mass is 9.97. The molecule has 0 aliphatic rings. The van der Waals surface area contributed by atoms with E-state index >= 15 is 0 Å². The van der Waals surface area contributed by atoms with Gasteiger partial charge in [-0.25, -0.2) is 0 Å². The predicted octanol–water partition coefficient (Wildman–Crippen LogP) is 3.09. The molecule has 0 saturated carbocycles. The van der Waals surface area contributed by atoms with Crippen molar-refractivity contribution in [3.63, 3.8) is 0 Å². The number of hydrogen-bond acceptors (Lipinski definition) is 3. The molecular weight excluding hydrogens is 230 g/mol. The monoisotopic (exact) mass is 253 g/mol. The Morgan fingerprint density at radius 3 is 2.41 bits per heavy atom. The maximum atomic E-state index is 6.36. The molecule has 0 fully saturated rings. The number of nitrogens with two attached hydrogens (primary N) is 1. The van der Waals surface area contributed by atoms with Gasteiger partial charge in [0.05, 0.1) is 6.61 Å². The minimum Gasteiger partial charge on any atom is -0.384 e. The number of hydrogen-bond donors (Lipinski definition) is 1. The van der Waals surface area contributed by atoms with Crippen molar-refractivity contribution in [2.45, 2.75) is 25.1 Å². The molecule has 17 heavy (non-hydrogen) atoms. The average molecular weight is 253 g/mol. The topological polar surface area (TPSA) is 35.2 Å². The molecule has 2 unspecified atom stereocenters. The highest BCUT2D eigenvalue weighted by Crippen LogP contribution is 2.30. The number of methoxy groups -OCH3 is 1. The lowest BCUT2D eigenvalue weighted by molar-refractivity contribution is 0.218. The molecule has 0 spiro atoms. The van der Waals surface area contributed by atoms with E-state index in [1.54, 1.807) is 7.11 Å². The lowest BCUT2D eigenvalue weighted by Gasteiger charge is -2.27. The summed E-state index contributed by atoms with van der Waals surface area (Å²) < 4.78 is 5.10. The van der Waals surface area contributed by atoms with Crippen LogP contribution in [0.4, 0.5) is 0 Å². The molecule has 3 heteroatoms. The van der Waals surface area contributed by atoms with E-state index in [2.05, 4.69) is 26.0 Å². The van der Waals surface area contributed by atoms with Crippen molar-refractivity contribution in [2.75, 3.05) is 19.5 Å². The van der Waals surface area contributed by atoms with Gasteiger partial charge in [0, 0.05) is 24.2 Å². The largest absolute Gasteiger partial charge is 0.384 e. The summed E-state index contributed by atoms with van der Waals surface area (Å²) in [5.74, 6) is 1.56. The zero-order valence-corrected chi connectivity index (χ0v) is 11.7. The zero-order chi connectivity index (χ0) is 12.7. The second-order valence-electron chi connectivity index (χ2n) is 4.51. The fourth-order valence-corrected chi connectivity index (χ4v) is 3.13. The summed E-state index contributed by atoms with van der Waals surface area (Å²) in [5.41, 5.74) is 7.58. The third-order valence-corrected chi connectivity index (χ3v) is 4.42. The van der Waals surface area contributed by atoms with Crippen molar-refractivity contribution in [1.82, 2.24) is 0 Å². The summed E-state index contributed by atoms with van der Waals surface area (Å²) in [7, 11) is 1.74. The first-order valence-electron chi connectivity index (χ1n) is 6.08. The zero-order valence-electron chi connectivity index (χ0n) is 10.9. The van der Waals surface area contributed by atoms with E-state index in [1.807, 2.05) is 30.0 Å². The molecule has 96 valence electrons. The van der Waals surface area contributed by atoms with Crippen LogP contribution in [0.3, 0.4) is 0 Å². The van der Waals surface area contributed by atoms with Gasteiger partial charge >= 0.3 is 0 Å². The molecular formula is C14H23NOS. The number of rotatable bonds is 7. The molecule has 1 rings (SSSR count). The minimum atomic E-state index is 0.0954. The van der Waals surface area contributed by atoms with Crippen LogP contribution in [0, 0.1) is 5.92 Å². The van der Waals surface area contributed by atoms with E-state index in [9.17, 15) is 0 Å². The lowest BCUT2D eigenvalue weighted by Crippen LogP contribution is -2.28. The van der Waals surface area contributed by atoms with E-state index in [0.717, 1.165) is 12.4 Å². The first-order valence-corrected chi connectivity index (χ1v) is 7.12. The normalized spacial score (nSPS) is 14.9. The van der Waals surface area contributed by atoms with E-state index < -0.39 is 0 Å². The van der Waals surface area contributed by atoms with E-state index in [4.69, 9.17) is 10.5 Å². The van der Waals surface area contributed by atoms with Gasteiger partial charge in [0.25, 0.3) is 0 Å². The van der Waals surface area contributed by atoms with Gasteiger partial charge in [-0.15, -0.1) is 0 Å². The highest BCUT2D eigenvalue weighted by Gasteiger charge is 2.22. The third-order valence-electron chi connectivity index (χ3n) is 2.79. The van der Waals surface area contributed by atoms with E-state index in [-0.39, 0.29) is 6.04 Å². The Morgan fingerprint density at radius 2 is 1.88 bits per heavy atom. The molecule has 0 amide bonds. The molecule has 2 atom stereocenters. The summed E-state index contributed by atoms with van der Waals surface area (Å²) in [4.78, 5) is 0. The van der Waals surface area contributed by atoms with Crippen LogP contribution in [0.5, 0.6) is 0 Å². The van der Waals surface area contributed by atoms with Crippen LogP contribution in [0.15, 0.2) is 30.3 Å². The standard InChI is InChI=1S/C14H23NOS/c1-11(2)14(17-10-9-16-3)13(15)12-7-5-4-6-8-12/h4-8,11,13-14H,9-10,15H2,1-3H3. The van der Waals surface area contributed by atoms with Crippen molar-refractivity contribution in [2.24, 2.45) is 11.7 Å². The molecule has 2 nitrogen and oxygen atoms in total. The predicted molar refractivity (Wildman–Crippen MR) is 76.3 cm³/mol. The maximum absolute atomic E-state index is 6.36. The molecule has 0 bridgehead atoms. The van der Waals surface area contributed by atoms with Gasteiger partial charge < -0.3 is 10.5 Å². The van der Waals surface area contributed by atoms with Crippen LogP contribution in [0.25, 0.3) is 0 Å². The van der Waals surface area contributed by atoms with Gasteiger partial charge in [-0.2, -0.15) is 11.8 Å². The molecule has 0 aliphatic carbocycles. The van der Waals surface area contributed by atoms with Crippen LogP contribution in [-0.4, -0.2) is 24.7 Å². The maximum Gasteiger partial charge on any atom is 0.0553 e. The highest BCUT2D eigenvalue weighted by atomic mass is 32.2. The number of thioether (sulfide) groups is 1. The van der Waals surface area contributed by atoms with Gasteiger partial charge in [-0.1, -0.05) is 44.2 Å². The molecule has 2 N–H and O–H groups in total. The molecule has 0 heterocycles. The van der Waals surface area contributed by atoms with Crippen molar-refractivity contribution in [3.05, 3.63) is 35.9 Å². The Balaban J connectivity index is 2.63. The van der Waals surface area contributed by atoms with Crippen LogP contribution in [0.1, 0.15) is 25.5 Å². The van der Waals surface area contributed by atoms with Crippen molar-refractivity contribution >= 4 is 11.8 Å². The third kappa shape index (κ3) is 4.70. The van der Waals surface area contributed by atoms with Gasteiger partial charge in [-0.3, -0.25) is 0 Å². The van der Waals surface area contributed by atoms with E-state index in [1.165, 1.54) is 5.56 Å². The Hall–Kier alpha value is -0.510. The van der Waals surface area contributed by atoms with Crippen molar-refractivity contribution in [3.8, 4) is 0 Å². The van der Waals surface area contributed by atoms with Gasteiger partial charge in [0.2, 0.25) is 0 Å². The van der Waals surface area contributed by atoms with Gasteiger partial charge in [-0.05, 0) is 11.5 Å². The Kier molecular flexibility index (Phi) is 6.63. The quantitative estimate of drug-likeness (QED) is 0.758. The van der Waals surface area contributed by atoms with Crippen LogP contribution < -0.4 is 5.73 Å². The minimum absolute atomic E-state index is 0.0954. The number of ether oxygens (including phenoxy) is 1. The summed E-state index contributed by atoms with van der Waals surface area (Å²) in [6.45, 7) is 5.25. The van der Waals surface area contributed by atoms with Crippen LogP contribution >= 0.6 is 11.8 Å². The van der Waals surface area contributed by atoms with Crippen molar-refractivity contribution in [1.29, 1.82) is 0 Å². The number of benzene rings is 1. The molecule has 0 aliphatic heterocycles. The summed E-state index contributed by atoms with van der Waals surface area (Å²) >= 11 is 1.91. The Labute approximate surface area is 109 Å². The molecule has 0 radical (unpaired) electrons. The SMILES string of the molecule is COCCSC(C(C)C)C(N)c1ccccc1. The highest BCUT2D eigenvalue weighted by molar-refractivity contribution is 7.99. The second kappa shape index (κ2) is 7.75. The smallest absolute Gasteiger partial charge is 0.0553 e. The van der Waals surface area contributed by atoms with Crippen LogP contribution in [-0.2, 0) is 4.74 Å². The van der Waals surface area contributed by atoms with Crippen molar-refractivity contribution < 1.29 is 4.74 Å². The van der Waals surface area contributed by atoms with Gasteiger partial charge in [0.1, 0.15) is 0 Å². The Morgan fingerprint density at radius 1 is 1.24 bits per heavy atom.